The Morgan fingerprint density at radius 3 is 2.17 bits per heavy atom. The molecule has 0 spiro atoms. The van der Waals surface area contributed by atoms with Crippen LogP contribution in [0.25, 0.3) is 0 Å². The van der Waals surface area contributed by atoms with Crippen molar-refractivity contribution in [2.75, 3.05) is 5.73 Å². The van der Waals surface area contributed by atoms with Crippen molar-refractivity contribution in [3.05, 3.63) is 23.8 Å². The Morgan fingerprint density at radius 1 is 1.17 bits per heavy atom. The molecule has 0 saturated carbocycles. The second-order valence-corrected chi connectivity index (χ2v) is 2.88. The molecule has 8 N–H and O–H groups in total. The summed E-state index contributed by atoms with van der Waals surface area (Å²) in [6.07, 6.45) is 0. The fraction of sp³-hybridized carbons (Fsp3) is 0.143. The summed E-state index contributed by atoms with van der Waals surface area (Å²) in [6.45, 7) is 1.87. The van der Waals surface area contributed by atoms with Crippen molar-refractivity contribution in [2.45, 2.75) is 6.92 Å². The fourth-order valence-corrected chi connectivity index (χ4v) is 0.901. The van der Waals surface area contributed by atoms with Crippen LogP contribution in [0.15, 0.2) is 18.2 Å². The quantitative estimate of drug-likeness (QED) is 0.196. The first-order valence-corrected chi connectivity index (χ1v) is 3.52. The number of hydrogen-bond donors (Lipinski definition) is 4. The molecule has 0 bridgehead atoms. The van der Waals surface area contributed by atoms with Crippen molar-refractivity contribution >= 4 is 11.4 Å². The first kappa shape index (κ1) is 8.95. The van der Waals surface area contributed by atoms with E-state index in [0.717, 1.165) is 5.56 Å². The molecular weight excluding hydrogens is 154 g/mol. The number of benzene rings is 1. The predicted molar refractivity (Wildman–Crippen MR) is 49.9 cm³/mol. The van der Waals surface area contributed by atoms with Crippen molar-refractivity contribution in [3.8, 4) is 0 Å². The monoisotopic (exact) mass is 168 g/mol. The third kappa shape index (κ3) is 1.72. The van der Waals surface area contributed by atoms with Crippen molar-refractivity contribution in [1.82, 2.24) is 4.81 Å². The molecule has 5 heteroatoms. The van der Waals surface area contributed by atoms with Crippen LogP contribution in [0.3, 0.4) is 0 Å². The van der Waals surface area contributed by atoms with E-state index in [9.17, 15) is 0 Å². The van der Waals surface area contributed by atoms with Gasteiger partial charge in [-0.15, -0.1) is 17.5 Å². The molecule has 0 aromatic heterocycles. The van der Waals surface area contributed by atoms with Crippen LogP contribution in [-0.4, -0.2) is 0 Å². The molecule has 0 fully saturated rings. The summed E-state index contributed by atoms with van der Waals surface area (Å²) in [4.78, 5) is -0.666. The Hall–Kier alpha value is -1.14. The topological polar surface area (TPSA) is 104 Å². The number of aryl methyl sites for hydroxylation is 1. The highest BCUT2D eigenvalue weighted by Crippen LogP contribution is 2.18. The lowest BCUT2D eigenvalue weighted by Gasteiger charge is -2.18. The van der Waals surface area contributed by atoms with Crippen molar-refractivity contribution in [1.29, 1.82) is 0 Å². The Labute approximate surface area is 71.0 Å². The molecule has 5 nitrogen and oxygen atoms in total. The summed E-state index contributed by atoms with van der Waals surface area (Å²) in [6, 6.07) is 5.18. The number of nitrogen functional groups attached to an aromatic ring is 1. The first-order valence-electron chi connectivity index (χ1n) is 3.52. The van der Waals surface area contributed by atoms with Gasteiger partial charge in [-0.05, 0) is 18.6 Å². The number of nitrogens with zero attached hydrogens (tertiary/aromatic N) is 1. The lowest BCUT2D eigenvalue weighted by Crippen LogP contribution is -2.67. The largest absolute Gasteiger partial charge is 0.399 e. The molecule has 1 rings (SSSR count). The van der Waals surface area contributed by atoms with Gasteiger partial charge < -0.3 is 5.73 Å². The van der Waals surface area contributed by atoms with Crippen LogP contribution >= 0.6 is 0 Å². The Balaban J connectivity index is 3.14. The SMILES string of the molecule is Cc1cc([N+](N)(N)N)ccc1N. The Kier molecular flexibility index (Phi) is 2.03. The molecule has 1 aromatic rings. The van der Waals surface area contributed by atoms with Crippen LogP contribution < -0.4 is 28.1 Å². The Bertz CT molecular complexity index is 288. The second-order valence-electron chi connectivity index (χ2n) is 2.88. The van der Waals surface area contributed by atoms with Crippen molar-refractivity contribution in [2.24, 2.45) is 17.5 Å². The second kappa shape index (κ2) is 2.72. The molecule has 0 amide bonds. The fourth-order valence-electron chi connectivity index (χ4n) is 0.901. The number of hydrogen-bond acceptors (Lipinski definition) is 4. The molecule has 12 heavy (non-hydrogen) atoms. The summed E-state index contributed by atoms with van der Waals surface area (Å²) in [7, 11) is 0. The molecule has 0 aliphatic carbocycles. The summed E-state index contributed by atoms with van der Waals surface area (Å²) >= 11 is 0. The average molecular weight is 168 g/mol. The molecule has 0 unspecified atom stereocenters. The zero-order chi connectivity index (χ0) is 9.35. The minimum Gasteiger partial charge on any atom is -0.399 e. The molecule has 0 heterocycles. The third-order valence-electron chi connectivity index (χ3n) is 1.70. The predicted octanol–water partition coefficient (Wildman–Crippen LogP) is -0.494. The van der Waals surface area contributed by atoms with E-state index in [0.29, 0.717) is 11.4 Å². The summed E-state index contributed by atoms with van der Waals surface area (Å²) in [5.41, 5.74) is 7.83. The molecule has 0 radical (unpaired) electrons. The Morgan fingerprint density at radius 2 is 1.75 bits per heavy atom. The molecule has 66 valence electrons. The van der Waals surface area contributed by atoms with E-state index >= 15 is 0 Å². The van der Waals surface area contributed by atoms with Crippen molar-refractivity contribution in [3.63, 3.8) is 0 Å². The van der Waals surface area contributed by atoms with E-state index in [-0.39, 0.29) is 0 Å². The van der Waals surface area contributed by atoms with Crippen LogP contribution in [-0.2, 0) is 0 Å². The average Bonchev–Trinajstić information content (AvgIpc) is 1.92. The third-order valence-corrected chi connectivity index (χ3v) is 1.70. The van der Waals surface area contributed by atoms with Crippen molar-refractivity contribution < 1.29 is 0 Å². The lowest BCUT2D eigenvalue weighted by molar-refractivity contribution is 0.302. The maximum Gasteiger partial charge on any atom is 0.191 e. The molecule has 1 aromatic carbocycles. The van der Waals surface area contributed by atoms with Crippen LogP contribution in [0.2, 0.25) is 0 Å². The van der Waals surface area contributed by atoms with Gasteiger partial charge in [0.05, 0.1) is 0 Å². The van der Waals surface area contributed by atoms with Crippen LogP contribution in [0, 0.1) is 6.92 Å². The smallest absolute Gasteiger partial charge is 0.191 e. The molecule has 0 aliphatic heterocycles. The maximum absolute atomic E-state index is 5.60. The van der Waals surface area contributed by atoms with E-state index in [4.69, 9.17) is 23.3 Å². The molecule has 0 saturated heterocycles. The van der Waals surface area contributed by atoms with Gasteiger partial charge >= 0.3 is 0 Å². The van der Waals surface area contributed by atoms with Gasteiger partial charge in [-0.2, -0.15) is 0 Å². The highest BCUT2D eigenvalue weighted by atomic mass is 15.9. The zero-order valence-corrected chi connectivity index (χ0v) is 6.99. The van der Waals surface area contributed by atoms with Gasteiger partial charge in [-0.25, -0.2) is 0 Å². The van der Waals surface area contributed by atoms with Crippen LogP contribution in [0.4, 0.5) is 11.4 Å². The minimum atomic E-state index is -0.666. The van der Waals surface area contributed by atoms with Gasteiger partial charge in [-0.1, -0.05) is 4.81 Å². The summed E-state index contributed by atoms with van der Waals surface area (Å²) in [5.74, 6) is 16.3. The van der Waals surface area contributed by atoms with Gasteiger partial charge in [0.15, 0.2) is 5.69 Å². The van der Waals surface area contributed by atoms with Gasteiger partial charge in [-0.3, -0.25) is 0 Å². The molecular formula is C7H14N5+. The number of nitrogens with two attached hydrogens (primary N) is 4. The van der Waals surface area contributed by atoms with E-state index in [1.807, 2.05) is 6.92 Å². The van der Waals surface area contributed by atoms with E-state index < -0.39 is 4.81 Å². The molecule has 0 atom stereocenters. The van der Waals surface area contributed by atoms with Gasteiger partial charge in [0.1, 0.15) is 0 Å². The first-order chi connectivity index (χ1) is 5.41. The van der Waals surface area contributed by atoms with Crippen LogP contribution in [0.5, 0.6) is 0 Å². The van der Waals surface area contributed by atoms with Gasteiger partial charge in [0, 0.05) is 17.8 Å². The van der Waals surface area contributed by atoms with Gasteiger partial charge in [0.25, 0.3) is 0 Å². The maximum atomic E-state index is 5.60. The standard InChI is InChI=1S/C7H14N5/c1-5-4-6(12(9,10)11)2-3-7(5)8/h2-4H,8-11H2,1H3/q+1. The molecule has 0 aliphatic rings. The van der Waals surface area contributed by atoms with E-state index in [1.165, 1.54) is 0 Å². The van der Waals surface area contributed by atoms with E-state index in [2.05, 4.69) is 0 Å². The van der Waals surface area contributed by atoms with E-state index in [1.54, 1.807) is 18.2 Å². The number of quaternary nitrogens is 1. The summed E-state index contributed by atoms with van der Waals surface area (Å²) < 4.78 is 0. The van der Waals surface area contributed by atoms with Gasteiger partial charge in [0.2, 0.25) is 0 Å². The minimum absolute atomic E-state index is 0.613. The summed E-state index contributed by atoms with van der Waals surface area (Å²) in [5, 5.41) is 0. The zero-order valence-electron chi connectivity index (χ0n) is 6.99. The highest BCUT2D eigenvalue weighted by molar-refractivity contribution is 5.55. The lowest BCUT2D eigenvalue weighted by atomic mass is 10.2. The number of anilines is 1. The number of rotatable bonds is 1. The highest BCUT2D eigenvalue weighted by Gasteiger charge is 2.16. The normalized spacial score (nSPS) is 11.7. The van der Waals surface area contributed by atoms with Crippen LogP contribution in [0.1, 0.15) is 5.56 Å².